The molecule has 0 aliphatic heterocycles. The van der Waals surface area contributed by atoms with Crippen molar-refractivity contribution >= 4 is 0 Å². The minimum Gasteiger partial charge on any atom is -0.0651 e. The molecular formula is C9H14. The lowest BCUT2D eigenvalue weighted by Crippen LogP contribution is -2.23. The van der Waals surface area contributed by atoms with Crippen LogP contribution in [0.1, 0.15) is 26.2 Å². The molecule has 0 saturated heterocycles. The second kappa shape index (κ2) is 1.21. The fourth-order valence-electron chi connectivity index (χ4n) is 3.55. The second-order valence-electron chi connectivity index (χ2n) is 4.21. The SMILES string of the molecule is CCC1CC2C3CC1C23. The molecular weight excluding hydrogens is 108 g/mol. The molecule has 0 bridgehead atoms. The van der Waals surface area contributed by atoms with Crippen molar-refractivity contribution in [2.24, 2.45) is 29.6 Å². The summed E-state index contributed by atoms with van der Waals surface area (Å²) in [4.78, 5) is 0. The van der Waals surface area contributed by atoms with Crippen molar-refractivity contribution in [3.05, 3.63) is 0 Å². The third-order valence-electron chi connectivity index (χ3n) is 4.14. The summed E-state index contributed by atoms with van der Waals surface area (Å²) in [5.74, 6) is 6.11. The van der Waals surface area contributed by atoms with Gasteiger partial charge in [0.2, 0.25) is 0 Å². The summed E-state index contributed by atoms with van der Waals surface area (Å²) in [6.07, 6.45) is 4.69. The predicted octanol–water partition coefficient (Wildman–Crippen LogP) is 2.30. The van der Waals surface area contributed by atoms with Crippen LogP contribution in [0.3, 0.4) is 0 Å². The Labute approximate surface area is 56.6 Å². The summed E-state index contributed by atoms with van der Waals surface area (Å²) in [6.45, 7) is 2.36. The van der Waals surface area contributed by atoms with Crippen LogP contribution in [0.5, 0.6) is 0 Å². The Morgan fingerprint density at radius 3 is 2.22 bits per heavy atom. The zero-order valence-electron chi connectivity index (χ0n) is 6.01. The molecule has 0 aromatic heterocycles. The molecule has 5 unspecified atom stereocenters. The van der Waals surface area contributed by atoms with Gasteiger partial charge in [0.05, 0.1) is 0 Å². The monoisotopic (exact) mass is 122 g/mol. The molecule has 3 rings (SSSR count). The molecule has 9 heavy (non-hydrogen) atoms. The van der Waals surface area contributed by atoms with Crippen molar-refractivity contribution in [1.82, 2.24) is 0 Å². The molecule has 0 heterocycles. The van der Waals surface area contributed by atoms with E-state index in [-0.39, 0.29) is 0 Å². The number of fused-ring (bicyclic) bond motifs is 1. The van der Waals surface area contributed by atoms with Crippen molar-refractivity contribution < 1.29 is 0 Å². The highest BCUT2D eigenvalue weighted by atomic mass is 14.7. The Morgan fingerprint density at radius 2 is 1.89 bits per heavy atom. The first-order valence-corrected chi connectivity index (χ1v) is 4.42. The third-order valence-corrected chi connectivity index (χ3v) is 4.14. The van der Waals surface area contributed by atoms with Crippen LogP contribution in [0.25, 0.3) is 0 Å². The highest BCUT2D eigenvalue weighted by molar-refractivity contribution is 5.17. The van der Waals surface area contributed by atoms with Crippen LogP contribution in [0.2, 0.25) is 0 Å². The molecule has 3 fully saturated rings. The van der Waals surface area contributed by atoms with Gasteiger partial charge in [0.15, 0.2) is 0 Å². The van der Waals surface area contributed by atoms with Crippen LogP contribution in [-0.2, 0) is 0 Å². The van der Waals surface area contributed by atoms with Crippen LogP contribution in [0, 0.1) is 29.6 Å². The van der Waals surface area contributed by atoms with Crippen LogP contribution >= 0.6 is 0 Å². The zero-order chi connectivity index (χ0) is 6.01. The van der Waals surface area contributed by atoms with E-state index >= 15 is 0 Å². The van der Waals surface area contributed by atoms with E-state index in [0.717, 1.165) is 5.92 Å². The van der Waals surface area contributed by atoms with Crippen molar-refractivity contribution in [3.63, 3.8) is 0 Å². The Bertz CT molecular complexity index is 146. The van der Waals surface area contributed by atoms with E-state index in [2.05, 4.69) is 6.92 Å². The molecule has 0 spiro atoms. The summed E-state index contributed by atoms with van der Waals surface area (Å²) in [5, 5.41) is 0. The molecule has 5 atom stereocenters. The van der Waals surface area contributed by atoms with Gasteiger partial charge in [0, 0.05) is 0 Å². The molecule has 3 aliphatic rings. The van der Waals surface area contributed by atoms with Gasteiger partial charge in [-0.25, -0.2) is 0 Å². The molecule has 0 nitrogen and oxygen atoms in total. The standard InChI is InChI=1S/C9H14/c1-2-5-3-7-8-4-6(5)9(7)8/h5-9H,2-4H2,1H3. The van der Waals surface area contributed by atoms with Gasteiger partial charge in [-0.15, -0.1) is 0 Å². The van der Waals surface area contributed by atoms with Gasteiger partial charge in [-0.3, -0.25) is 0 Å². The van der Waals surface area contributed by atoms with Crippen molar-refractivity contribution in [2.75, 3.05) is 0 Å². The quantitative estimate of drug-likeness (QED) is 0.500. The van der Waals surface area contributed by atoms with E-state index in [1.54, 1.807) is 12.8 Å². The highest BCUT2D eigenvalue weighted by Crippen LogP contribution is 2.75. The van der Waals surface area contributed by atoms with Crippen LogP contribution in [-0.4, -0.2) is 0 Å². The minimum absolute atomic E-state index is 1.16. The van der Waals surface area contributed by atoms with E-state index in [1.165, 1.54) is 30.1 Å². The first-order valence-electron chi connectivity index (χ1n) is 4.42. The normalized spacial score (nSPS) is 67.0. The maximum atomic E-state index is 2.36. The van der Waals surface area contributed by atoms with Gasteiger partial charge in [-0.05, 0) is 42.4 Å². The summed E-state index contributed by atoms with van der Waals surface area (Å²) in [7, 11) is 0. The maximum Gasteiger partial charge on any atom is -0.0321 e. The molecule has 3 saturated carbocycles. The first-order chi connectivity index (χ1) is 4.42. The minimum atomic E-state index is 1.16. The summed E-state index contributed by atoms with van der Waals surface area (Å²) >= 11 is 0. The maximum absolute atomic E-state index is 2.36. The fourth-order valence-corrected chi connectivity index (χ4v) is 3.55. The molecule has 0 aromatic rings. The van der Waals surface area contributed by atoms with Gasteiger partial charge in [0.1, 0.15) is 0 Å². The Morgan fingerprint density at radius 1 is 1.11 bits per heavy atom. The molecule has 0 radical (unpaired) electrons. The lowest BCUT2D eigenvalue weighted by Gasteiger charge is -2.31. The first kappa shape index (κ1) is 4.76. The van der Waals surface area contributed by atoms with Crippen LogP contribution < -0.4 is 0 Å². The Kier molecular flexibility index (Phi) is 0.640. The zero-order valence-corrected chi connectivity index (χ0v) is 6.01. The van der Waals surface area contributed by atoms with Gasteiger partial charge < -0.3 is 0 Å². The molecule has 0 heteroatoms. The second-order valence-corrected chi connectivity index (χ2v) is 4.21. The third kappa shape index (κ3) is 0.367. The molecule has 0 N–H and O–H groups in total. The van der Waals surface area contributed by atoms with Crippen molar-refractivity contribution in [3.8, 4) is 0 Å². The summed E-state index contributed by atoms with van der Waals surface area (Å²) in [5.41, 5.74) is 0. The fraction of sp³-hybridized carbons (Fsp3) is 1.00. The lowest BCUT2D eigenvalue weighted by molar-refractivity contribution is 0.180. The predicted molar refractivity (Wildman–Crippen MR) is 37.0 cm³/mol. The lowest BCUT2D eigenvalue weighted by atomic mass is 9.74. The van der Waals surface area contributed by atoms with Crippen molar-refractivity contribution in [1.29, 1.82) is 0 Å². The topological polar surface area (TPSA) is 0 Å². The largest absolute Gasteiger partial charge is 0.0651 e. The number of rotatable bonds is 1. The smallest absolute Gasteiger partial charge is 0.0321 e. The van der Waals surface area contributed by atoms with Gasteiger partial charge in [-0.1, -0.05) is 13.3 Å². The number of hydrogen-bond acceptors (Lipinski definition) is 0. The van der Waals surface area contributed by atoms with E-state index in [4.69, 9.17) is 0 Å². The Balaban J connectivity index is 1.84. The molecule has 50 valence electrons. The van der Waals surface area contributed by atoms with Gasteiger partial charge >= 0.3 is 0 Å². The summed E-state index contributed by atoms with van der Waals surface area (Å²) < 4.78 is 0. The average molecular weight is 122 g/mol. The molecule has 0 aromatic carbocycles. The molecule has 3 aliphatic carbocycles. The van der Waals surface area contributed by atoms with Gasteiger partial charge in [-0.2, -0.15) is 0 Å². The number of hydrogen-bond donors (Lipinski definition) is 0. The van der Waals surface area contributed by atoms with Crippen LogP contribution in [0.15, 0.2) is 0 Å². The van der Waals surface area contributed by atoms with E-state index in [1.807, 2.05) is 0 Å². The van der Waals surface area contributed by atoms with Gasteiger partial charge in [0.25, 0.3) is 0 Å². The van der Waals surface area contributed by atoms with E-state index in [0.29, 0.717) is 0 Å². The highest BCUT2D eigenvalue weighted by Gasteiger charge is 2.68. The summed E-state index contributed by atoms with van der Waals surface area (Å²) in [6, 6.07) is 0. The average Bonchev–Trinajstić information content (AvgIpc) is 2.25. The van der Waals surface area contributed by atoms with Crippen LogP contribution in [0.4, 0.5) is 0 Å². The van der Waals surface area contributed by atoms with E-state index < -0.39 is 0 Å². The Hall–Kier alpha value is 0. The molecule has 0 amide bonds. The van der Waals surface area contributed by atoms with Crippen molar-refractivity contribution in [2.45, 2.75) is 26.2 Å². The van der Waals surface area contributed by atoms with E-state index in [9.17, 15) is 0 Å².